The van der Waals surface area contributed by atoms with Crippen molar-refractivity contribution in [2.24, 2.45) is 0 Å². The largest absolute Gasteiger partial charge is 0.408 e. The Bertz CT molecular complexity index is 1000. The third-order valence-corrected chi connectivity index (χ3v) is 5.11. The van der Waals surface area contributed by atoms with Gasteiger partial charge in [0.1, 0.15) is 11.7 Å². The Labute approximate surface area is 146 Å². The maximum atomic E-state index is 13.4. The number of halogens is 4. The summed E-state index contributed by atoms with van der Waals surface area (Å²) in [5.41, 5.74) is 0.0345. The molecule has 0 spiro atoms. The molecule has 2 heterocycles. The van der Waals surface area contributed by atoms with Crippen LogP contribution >= 0.6 is 11.6 Å². The lowest BCUT2D eigenvalue weighted by Gasteiger charge is -2.21. The lowest BCUT2D eigenvalue weighted by molar-refractivity contribution is -0.153. The van der Waals surface area contributed by atoms with Crippen molar-refractivity contribution in [2.45, 2.75) is 17.2 Å². The third kappa shape index (κ3) is 3.63. The molecule has 0 amide bonds. The van der Waals surface area contributed by atoms with Gasteiger partial charge in [-0.3, -0.25) is 4.40 Å². The summed E-state index contributed by atoms with van der Waals surface area (Å²) >= 11 is 5.68. The monoisotopic (exact) mass is 389 g/mol. The van der Waals surface area contributed by atoms with Crippen molar-refractivity contribution >= 4 is 27.3 Å². The molecule has 0 aliphatic rings. The highest BCUT2D eigenvalue weighted by Gasteiger charge is 2.44. The number of hydrogen-bond acceptors (Lipinski definition) is 3. The maximum Gasteiger partial charge on any atom is 0.408 e. The molecule has 0 aliphatic heterocycles. The van der Waals surface area contributed by atoms with Crippen LogP contribution < -0.4 is 4.72 Å². The van der Waals surface area contributed by atoms with E-state index in [4.69, 9.17) is 11.6 Å². The summed E-state index contributed by atoms with van der Waals surface area (Å²) in [7, 11) is -4.49. The van der Waals surface area contributed by atoms with Gasteiger partial charge < -0.3 is 0 Å². The van der Waals surface area contributed by atoms with Crippen molar-refractivity contribution in [2.75, 3.05) is 0 Å². The number of alkyl halides is 3. The Morgan fingerprint density at radius 1 is 1.12 bits per heavy atom. The van der Waals surface area contributed by atoms with Crippen LogP contribution in [0.15, 0.2) is 59.9 Å². The van der Waals surface area contributed by atoms with Crippen LogP contribution in [0.2, 0.25) is 5.02 Å². The number of hydrogen-bond donors (Lipinski definition) is 1. The predicted octanol–water partition coefficient (Wildman–Crippen LogP) is 3.57. The molecule has 0 saturated carbocycles. The van der Waals surface area contributed by atoms with Crippen molar-refractivity contribution in [3.8, 4) is 0 Å². The number of pyridine rings is 1. The molecule has 0 fully saturated rings. The van der Waals surface area contributed by atoms with Crippen molar-refractivity contribution in [3.63, 3.8) is 0 Å². The summed E-state index contributed by atoms with van der Waals surface area (Å²) in [6, 6.07) is 7.08. The molecule has 1 aromatic carbocycles. The van der Waals surface area contributed by atoms with E-state index < -0.39 is 22.2 Å². The fourth-order valence-electron chi connectivity index (χ4n) is 2.30. The molecule has 5 nitrogen and oxygen atoms in total. The standard InChI is InChI=1S/C15H11ClF3N3O2S/c16-11-6-4-10(5-7-11)14(15(17,18)19)21-25(23,24)13-9-20-12-3-1-2-8-22(12)13/h1-9,14,21H. The van der Waals surface area contributed by atoms with Gasteiger partial charge in [-0.25, -0.2) is 13.4 Å². The number of nitrogens with one attached hydrogen (secondary N) is 1. The summed E-state index contributed by atoms with van der Waals surface area (Å²) in [5, 5.41) is -0.138. The number of fused-ring (bicyclic) bond motifs is 1. The Kier molecular flexibility index (Phi) is 4.48. The highest BCUT2D eigenvalue weighted by Crippen LogP contribution is 2.34. The van der Waals surface area contributed by atoms with Gasteiger partial charge in [0, 0.05) is 11.2 Å². The van der Waals surface area contributed by atoms with Crippen molar-refractivity contribution in [1.29, 1.82) is 0 Å². The van der Waals surface area contributed by atoms with Crippen molar-refractivity contribution < 1.29 is 21.6 Å². The van der Waals surface area contributed by atoms with Gasteiger partial charge >= 0.3 is 6.18 Å². The lowest BCUT2D eigenvalue weighted by atomic mass is 10.1. The summed E-state index contributed by atoms with van der Waals surface area (Å²) in [5.74, 6) is 0. The Balaban J connectivity index is 2.02. The summed E-state index contributed by atoms with van der Waals surface area (Å²) in [6.07, 6.45) is -2.42. The van der Waals surface area contributed by atoms with Crippen LogP contribution in [-0.4, -0.2) is 24.0 Å². The zero-order valence-corrected chi connectivity index (χ0v) is 14.0. The van der Waals surface area contributed by atoms with Gasteiger partial charge in [-0.15, -0.1) is 0 Å². The lowest BCUT2D eigenvalue weighted by Crippen LogP contribution is -2.38. The highest BCUT2D eigenvalue weighted by atomic mass is 35.5. The van der Waals surface area contributed by atoms with Crippen LogP contribution in [0.25, 0.3) is 5.65 Å². The highest BCUT2D eigenvalue weighted by molar-refractivity contribution is 7.89. The minimum Gasteiger partial charge on any atom is -0.289 e. The average molecular weight is 390 g/mol. The third-order valence-electron chi connectivity index (χ3n) is 3.46. The molecule has 0 aliphatic carbocycles. The topological polar surface area (TPSA) is 63.5 Å². The molecular weight excluding hydrogens is 379 g/mol. The van der Waals surface area contributed by atoms with E-state index in [0.29, 0.717) is 5.65 Å². The SMILES string of the molecule is O=S(=O)(NC(c1ccc(Cl)cc1)C(F)(F)F)c1cnc2ccccn12. The molecule has 132 valence electrons. The summed E-state index contributed by atoms with van der Waals surface area (Å²) in [6.45, 7) is 0. The van der Waals surface area contributed by atoms with E-state index in [1.54, 1.807) is 22.9 Å². The van der Waals surface area contributed by atoms with Gasteiger partial charge in [0.15, 0.2) is 5.03 Å². The van der Waals surface area contributed by atoms with Gasteiger partial charge in [0.25, 0.3) is 10.0 Å². The Morgan fingerprint density at radius 2 is 1.80 bits per heavy atom. The minimum absolute atomic E-state index is 0.245. The maximum absolute atomic E-state index is 13.4. The Morgan fingerprint density at radius 3 is 2.44 bits per heavy atom. The van der Waals surface area contributed by atoms with Gasteiger partial charge in [-0.2, -0.15) is 17.9 Å². The second kappa shape index (κ2) is 6.32. The van der Waals surface area contributed by atoms with E-state index in [1.165, 1.54) is 22.7 Å². The van der Waals surface area contributed by atoms with Crippen LogP contribution in [0.5, 0.6) is 0 Å². The predicted molar refractivity (Wildman–Crippen MR) is 85.8 cm³/mol. The molecule has 10 heteroatoms. The number of imidazole rings is 1. The first-order valence-electron chi connectivity index (χ1n) is 6.95. The van der Waals surface area contributed by atoms with E-state index in [0.717, 1.165) is 18.3 Å². The zero-order valence-electron chi connectivity index (χ0n) is 12.4. The molecule has 25 heavy (non-hydrogen) atoms. The average Bonchev–Trinajstić information content (AvgIpc) is 2.97. The second-order valence-corrected chi connectivity index (χ2v) is 7.27. The fourth-order valence-corrected chi connectivity index (χ4v) is 3.73. The van der Waals surface area contributed by atoms with Crippen LogP contribution in [0.3, 0.4) is 0 Å². The van der Waals surface area contributed by atoms with E-state index in [1.807, 2.05) is 0 Å². The van der Waals surface area contributed by atoms with Gasteiger partial charge in [0.05, 0.1) is 6.20 Å². The first-order chi connectivity index (χ1) is 11.7. The van der Waals surface area contributed by atoms with Crippen LogP contribution in [0.1, 0.15) is 11.6 Å². The molecule has 1 N–H and O–H groups in total. The fraction of sp³-hybridized carbons (Fsp3) is 0.133. The van der Waals surface area contributed by atoms with Gasteiger partial charge in [-0.05, 0) is 29.8 Å². The number of benzene rings is 1. The minimum atomic E-state index is -4.83. The summed E-state index contributed by atoms with van der Waals surface area (Å²) < 4.78 is 68.1. The molecule has 3 aromatic rings. The first kappa shape index (κ1) is 17.7. The van der Waals surface area contributed by atoms with E-state index >= 15 is 0 Å². The molecule has 3 rings (SSSR count). The van der Waals surface area contributed by atoms with E-state index in [2.05, 4.69) is 4.98 Å². The van der Waals surface area contributed by atoms with Crippen LogP contribution in [0, 0.1) is 0 Å². The first-order valence-corrected chi connectivity index (χ1v) is 8.81. The van der Waals surface area contributed by atoms with Crippen molar-refractivity contribution in [3.05, 3.63) is 65.4 Å². The molecule has 1 atom stereocenters. The van der Waals surface area contributed by atoms with E-state index in [-0.39, 0.29) is 15.6 Å². The molecular formula is C15H11ClF3N3O2S. The number of rotatable bonds is 4. The smallest absolute Gasteiger partial charge is 0.289 e. The zero-order chi connectivity index (χ0) is 18.2. The Hall–Kier alpha value is -2.10. The molecule has 0 saturated heterocycles. The second-order valence-electron chi connectivity index (χ2n) is 5.17. The molecule has 0 bridgehead atoms. The summed E-state index contributed by atoms with van der Waals surface area (Å²) in [4.78, 5) is 3.88. The van der Waals surface area contributed by atoms with E-state index in [9.17, 15) is 21.6 Å². The van der Waals surface area contributed by atoms with Crippen LogP contribution in [0.4, 0.5) is 13.2 Å². The molecule has 0 radical (unpaired) electrons. The molecule has 1 unspecified atom stereocenters. The van der Waals surface area contributed by atoms with Crippen LogP contribution in [-0.2, 0) is 10.0 Å². The van der Waals surface area contributed by atoms with Crippen molar-refractivity contribution in [1.82, 2.24) is 14.1 Å². The quantitative estimate of drug-likeness (QED) is 0.742. The van der Waals surface area contributed by atoms with Gasteiger partial charge in [0.2, 0.25) is 0 Å². The number of sulfonamides is 1. The number of aromatic nitrogens is 2. The molecule has 2 aromatic heterocycles. The normalized spacial score (nSPS) is 13.9. The number of nitrogens with zero attached hydrogens (tertiary/aromatic N) is 2. The van der Waals surface area contributed by atoms with Gasteiger partial charge in [-0.1, -0.05) is 29.8 Å².